The van der Waals surface area contributed by atoms with Crippen molar-refractivity contribution in [2.75, 3.05) is 20.2 Å². The van der Waals surface area contributed by atoms with Gasteiger partial charge in [0, 0.05) is 25.7 Å². The normalized spacial score (nSPS) is 12.7. The number of benzene rings is 1. The van der Waals surface area contributed by atoms with E-state index >= 15 is 0 Å². The Labute approximate surface area is 178 Å². The van der Waals surface area contributed by atoms with E-state index in [1.165, 1.54) is 29.2 Å². The zero-order chi connectivity index (χ0) is 22.3. The molecule has 10 heteroatoms. The van der Waals surface area contributed by atoms with Crippen molar-refractivity contribution in [3.05, 3.63) is 59.2 Å². The largest absolute Gasteiger partial charge is 0.484 e. The first kappa shape index (κ1) is 23.4. The van der Waals surface area contributed by atoms with E-state index in [1.54, 1.807) is 14.0 Å². The summed E-state index contributed by atoms with van der Waals surface area (Å²) in [6.07, 6.45) is 0.563. The van der Waals surface area contributed by atoms with Crippen LogP contribution in [0.1, 0.15) is 22.7 Å². The van der Waals surface area contributed by atoms with E-state index in [4.69, 9.17) is 20.9 Å². The number of aryl methyl sites for hydroxylation is 1. The average Bonchev–Trinajstić information content (AvgIpc) is 3.16. The van der Waals surface area contributed by atoms with Crippen LogP contribution in [-0.2, 0) is 4.79 Å². The number of aromatic nitrogens is 1. The smallest absolute Gasteiger partial charge is 0.292 e. The van der Waals surface area contributed by atoms with Gasteiger partial charge in [0.2, 0.25) is 5.76 Å². The second kappa shape index (κ2) is 10.7. The van der Waals surface area contributed by atoms with Crippen LogP contribution >= 0.6 is 11.6 Å². The Morgan fingerprint density at radius 3 is 2.80 bits per heavy atom. The number of halogens is 2. The molecule has 1 heterocycles. The second-order valence-electron chi connectivity index (χ2n) is 6.61. The Hall–Kier alpha value is -2.91. The first-order valence-corrected chi connectivity index (χ1v) is 9.45. The van der Waals surface area contributed by atoms with Gasteiger partial charge in [0.25, 0.3) is 11.8 Å². The fraction of sp³-hybridized carbons (Fsp3) is 0.350. The fourth-order valence-corrected chi connectivity index (χ4v) is 2.63. The molecule has 0 aliphatic heterocycles. The number of carbonyl (C=O) groups is 2. The molecule has 1 aromatic carbocycles. The Morgan fingerprint density at radius 1 is 1.47 bits per heavy atom. The van der Waals surface area contributed by atoms with Crippen molar-refractivity contribution in [3.63, 3.8) is 0 Å². The van der Waals surface area contributed by atoms with Gasteiger partial charge in [-0.3, -0.25) is 9.59 Å². The van der Waals surface area contributed by atoms with Crippen LogP contribution in [0, 0.1) is 12.7 Å². The van der Waals surface area contributed by atoms with Crippen LogP contribution in [0.2, 0.25) is 5.02 Å². The Kier molecular flexibility index (Phi) is 8.37. The molecule has 162 valence electrons. The number of aliphatic hydroxyl groups is 1. The monoisotopic (exact) mass is 439 g/mol. The summed E-state index contributed by atoms with van der Waals surface area (Å²) in [5.74, 6) is -1.31. The third-order valence-corrected chi connectivity index (χ3v) is 4.51. The van der Waals surface area contributed by atoms with E-state index in [1.807, 2.05) is 0 Å². The Balaban J connectivity index is 1.80. The molecule has 0 bridgehead atoms. The van der Waals surface area contributed by atoms with Gasteiger partial charge in [-0.2, -0.15) is 0 Å². The number of aliphatic hydroxyl groups excluding tert-OH is 1. The number of rotatable bonds is 10. The van der Waals surface area contributed by atoms with Crippen molar-refractivity contribution in [1.29, 1.82) is 0 Å². The summed E-state index contributed by atoms with van der Waals surface area (Å²) in [7, 11) is 1.56. The van der Waals surface area contributed by atoms with E-state index in [9.17, 15) is 19.1 Å². The summed E-state index contributed by atoms with van der Waals surface area (Å²) < 4.78 is 23.5. The molecule has 1 aromatic heterocycles. The first-order valence-electron chi connectivity index (χ1n) is 9.08. The lowest BCUT2D eigenvalue weighted by molar-refractivity contribution is -0.124. The molecule has 0 saturated carbocycles. The minimum atomic E-state index is -0.994. The van der Waals surface area contributed by atoms with Crippen LogP contribution in [0.3, 0.4) is 0 Å². The van der Waals surface area contributed by atoms with E-state index in [0.717, 1.165) is 6.07 Å². The zero-order valence-corrected chi connectivity index (χ0v) is 17.4. The van der Waals surface area contributed by atoms with E-state index in [2.05, 4.69) is 17.1 Å². The third kappa shape index (κ3) is 6.57. The SMILES string of the molecule is C=CC(NC(=O)COc1ccc(Cl)c(F)c1)[C@@H](O)CCN(C)C(=O)c1cc(C)no1. The van der Waals surface area contributed by atoms with Gasteiger partial charge in [-0.1, -0.05) is 22.8 Å². The maximum Gasteiger partial charge on any atom is 0.292 e. The van der Waals surface area contributed by atoms with Gasteiger partial charge in [0.1, 0.15) is 11.6 Å². The molecule has 1 unspecified atom stereocenters. The van der Waals surface area contributed by atoms with Gasteiger partial charge < -0.3 is 24.6 Å². The maximum absolute atomic E-state index is 13.4. The minimum absolute atomic E-state index is 0.0523. The zero-order valence-electron chi connectivity index (χ0n) is 16.6. The Morgan fingerprint density at radius 2 is 2.20 bits per heavy atom. The summed E-state index contributed by atoms with van der Waals surface area (Å²) in [4.78, 5) is 25.7. The molecule has 2 amide bonds. The highest BCUT2D eigenvalue weighted by molar-refractivity contribution is 6.30. The Bertz CT molecular complexity index is 904. The predicted molar refractivity (Wildman–Crippen MR) is 108 cm³/mol. The highest BCUT2D eigenvalue weighted by Crippen LogP contribution is 2.20. The topological polar surface area (TPSA) is 105 Å². The van der Waals surface area contributed by atoms with Gasteiger partial charge >= 0.3 is 0 Å². The molecule has 0 fully saturated rings. The van der Waals surface area contributed by atoms with E-state index in [-0.39, 0.29) is 42.0 Å². The van der Waals surface area contributed by atoms with Crippen LogP contribution in [0.4, 0.5) is 4.39 Å². The average molecular weight is 440 g/mol. The molecule has 0 aliphatic rings. The van der Waals surface area contributed by atoms with Crippen molar-refractivity contribution >= 4 is 23.4 Å². The highest BCUT2D eigenvalue weighted by atomic mass is 35.5. The molecular weight excluding hydrogens is 417 g/mol. The molecule has 0 radical (unpaired) electrons. The predicted octanol–water partition coefficient (Wildman–Crippen LogP) is 2.35. The summed E-state index contributed by atoms with van der Waals surface area (Å²) in [5.41, 5.74) is 0.588. The summed E-state index contributed by atoms with van der Waals surface area (Å²) in [5, 5.41) is 16.5. The molecular formula is C20H23ClFN3O5. The van der Waals surface area contributed by atoms with Gasteiger partial charge in [0.05, 0.1) is 22.9 Å². The second-order valence-corrected chi connectivity index (χ2v) is 7.02. The number of hydrogen-bond donors (Lipinski definition) is 2. The van der Waals surface area contributed by atoms with Crippen molar-refractivity contribution in [2.24, 2.45) is 0 Å². The molecule has 2 aromatic rings. The molecule has 0 spiro atoms. The standard InChI is InChI=1S/C20H23ClFN3O5/c1-4-16(23-19(27)11-29-13-5-6-14(21)15(22)10-13)17(26)7-8-25(3)20(28)18-9-12(2)24-30-18/h4-6,9-10,16-17,26H,1,7-8,11H2,2-3H3,(H,23,27)/t16?,17-/m0/s1. The number of nitrogens with zero attached hydrogens (tertiary/aromatic N) is 2. The number of ether oxygens (including phenoxy) is 1. The summed E-state index contributed by atoms with van der Waals surface area (Å²) in [6, 6.07) is 4.58. The molecule has 2 N–H and O–H groups in total. The van der Waals surface area contributed by atoms with Gasteiger partial charge in [0.15, 0.2) is 6.61 Å². The van der Waals surface area contributed by atoms with Crippen LogP contribution in [0.15, 0.2) is 41.4 Å². The highest BCUT2D eigenvalue weighted by Gasteiger charge is 2.22. The van der Waals surface area contributed by atoms with Gasteiger partial charge in [-0.05, 0) is 25.5 Å². The van der Waals surface area contributed by atoms with Gasteiger partial charge in [-0.15, -0.1) is 6.58 Å². The van der Waals surface area contributed by atoms with Crippen LogP contribution in [0.5, 0.6) is 5.75 Å². The van der Waals surface area contributed by atoms with Gasteiger partial charge in [-0.25, -0.2) is 4.39 Å². The minimum Gasteiger partial charge on any atom is -0.484 e. The molecule has 2 atom stereocenters. The summed E-state index contributed by atoms with van der Waals surface area (Å²) >= 11 is 5.59. The lowest BCUT2D eigenvalue weighted by Gasteiger charge is -2.23. The number of hydrogen-bond acceptors (Lipinski definition) is 6. The van der Waals surface area contributed by atoms with E-state index in [0.29, 0.717) is 5.69 Å². The van der Waals surface area contributed by atoms with Crippen molar-refractivity contribution in [2.45, 2.75) is 25.5 Å². The molecule has 0 aliphatic carbocycles. The van der Waals surface area contributed by atoms with Crippen LogP contribution in [0.25, 0.3) is 0 Å². The number of carbonyl (C=O) groups excluding carboxylic acids is 2. The molecule has 2 rings (SSSR count). The molecule has 30 heavy (non-hydrogen) atoms. The number of nitrogens with one attached hydrogen (secondary N) is 1. The lowest BCUT2D eigenvalue weighted by atomic mass is 10.1. The van der Waals surface area contributed by atoms with E-state index < -0.39 is 23.9 Å². The third-order valence-electron chi connectivity index (χ3n) is 4.20. The maximum atomic E-state index is 13.4. The number of amides is 2. The molecule has 8 nitrogen and oxygen atoms in total. The summed E-state index contributed by atoms with van der Waals surface area (Å²) in [6.45, 7) is 5.13. The quantitative estimate of drug-likeness (QED) is 0.550. The van der Waals surface area contributed by atoms with Crippen LogP contribution < -0.4 is 10.1 Å². The fourth-order valence-electron chi connectivity index (χ4n) is 2.51. The first-order chi connectivity index (χ1) is 14.2. The van der Waals surface area contributed by atoms with Crippen molar-refractivity contribution in [1.82, 2.24) is 15.4 Å². The van der Waals surface area contributed by atoms with Crippen LogP contribution in [-0.4, -0.2) is 59.3 Å². The van der Waals surface area contributed by atoms with Crippen molar-refractivity contribution < 1.29 is 28.3 Å². The molecule has 0 saturated heterocycles. The lowest BCUT2D eigenvalue weighted by Crippen LogP contribution is -2.45. The van der Waals surface area contributed by atoms with Crippen molar-refractivity contribution in [3.8, 4) is 5.75 Å².